The van der Waals surface area contributed by atoms with Crippen LogP contribution in [0.15, 0.2) is 17.5 Å². The third-order valence-electron chi connectivity index (χ3n) is 3.79. The van der Waals surface area contributed by atoms with Gasteiger partial charge >= 0.3 is 0 Å². The highest BCUT2D eigenvalue weighted by Crippen LogP contribution is 2.41. The summed E-state index contributed by atoms with van der Waals surface area (Å²) in [5.74, 6) is 0.697. The summed E-state index contributed by atoms with van der Waals surface area (Å²) in [6, 6.07) is 3.94. The summed E-state index contributed by atoms with van der Waals surface area (Å²) in [4.78, 5) is 5.89. The number of rotatable bonds is 2. The summed E-state index contributed by atoms with van der Waals surface area (Å²) in [5.41, 5.74) is 7.39. The normalized spacial score (nSPS) is 27.6. The van der Waals surface area contributed by atoms with Gasteiger partial charge in [0.2, 0.25) is 0 Å². The fraction of sp³-hybridized carbons (Fsp3) is 0.500. The van der Waals surface area contributed by atoms with E-state index in [-0.39, 0.29) is 5.54 Å². The molecule has 0 bridgehead atoms. The van der Waals surface area contributed by atoms with Gasteiger partial charge < -0.3 is 5.73 Å². The van der Waals surface area contributed by atoms with Gasteiger partial charge in [0.1, 0.15) is 5.01 Å². The predicted octanol–water partition coefficient (Wildman–Crippen LogP) is 4.89. The van der Waals surface area contributed by atoms with Gasteiger partial charge in [-0.15, -0.1) is 22.7 Å². The van der Waals surface area contributed by atoms with Gasteiger partial charge in [0.15, 0.2) is 0 Å². The molecule has 3 rings (SSSR count). The maximum Gasteiger partial charge on any atom is 0.113 e. The van der Waals surface area contributed by atoms with Gasteiger partial charge in [-0.2, -0.15) is 0 Å². The summed E-state index contributed by atoms with van der Waals surface area (Å²) in [6.45, 7) is 2.29. The summed E-state index contributed by atoms with van der Waals surface area (Å²) < 4.78 is 0.804. The van der Waals surface area contributed by atoms with Crippen LogP contribution in [0.3, 0.4) is 0 Å². The number of halogens is 1. The van der Waals surface area contributed by atoms with Gasteiger partial charge in [-0.25, -0.2) is 4.98 Å². The number of nitrogens with zero attached hydrogens (tertiary/aromatic N) is 1. The van der Waals surface area contributed by atoms with Gasteiger partial charge in [0, 0.05) is 5.38 Å². The van der Waals surface area contributed by atoms with Crippen molar-refractivity contribution in [3.05, 3.63) is 26.9 Å². The first-order valence-electron chi connectivity index (χ1n) is 6.57. The molecule has 1 fully saturated rings. The van der Waals surface area contributed by atoms with E-state index in [0.29, 0.717) is 5.92 Å². The second-order valence-corrected chi connectivity index (χ2v) is 8.07. The largest absolute Gasteiger partial charge is 0.319 e. The van der Waals surface area contributed by atoms with Gasteiger partial charge in [-0.1, -0.05) is 31.4 Å². The molecule has 0 amide bonds. The Labute approximate surface area is 126 Å². The van der Waals surface area contributed by atoms with Crippen LogP contribution in [0.4, 0.5) is 0 Å². The molecular formula is C14H17ClN2S2. The van der Waals surface area contributed by atoms with E-state index in [1.54, 1.807) is 22.7 Å². The number of hydrogen-bond acceptors (Lipinski definition) is 4. The lowest BCUT2D eigenvalue weighted by atomic mass is 9.77. The summed E-state index contributed by atoms with van der Waals surface area (Å²) in [7, 11) is 0. The van der Waals surface area contributed by atoms with E-state index < -0.39 is 0 Å². The molecule has 0 radical (unpaired) electrons. The molecule has 2 N–H and O–H groups in total. The van der Waals surface area contributed by atoms with E-state index in [0.717, 1.165) is 32.8 Å². The van der Waals surface area contributed by atoms with E-state index in [4.69, 9.17) is 22.3 Å². The van der Waals surface area contributed by atoms with Crippen LogP contribution in [0.1, 0.15) is 37.6 Å². The Balaban J connectivity index is 1.88. The van der Waals surface area contributed by atoms with Gasteiger partial charge in [0.25, 0.3) is 0 Å². The first kappa shape index (κ1) is 13.6. The van der Waals surface area contributed by atoms with E-state index in [1.807, 2.05) is 12.1 Å². The van der Waals surface area contributed by atoms with Crippen molar-refractivity contribution < 1.29 is 0 Å². The number of thiophene rings is 1. The fourth-order valence-electron chi connectivity index (χ4n) is 2.85. The second kappa shape index (κ2) is 5.17. The Morgan fingerprint density at radius 1 is 1.47 bits per heavy atom. The highest BCUT2D eigenvalue weighted by atomic mass is 35.5. The minimum Gasteiger partial charge on any atom is -0.319 e. The van der Waals surface area contributed by atoms with Crippen LogP contribution in [0.2, 0.25) is 4.34 Å². The van der Waals surface area contributed by atoms with Crippen LogP contribution < -0.4 is 5.73 Å². The van der Waals surface area contributed by atoms with Crippen LogP contribution in [0, 0.1) is 5.92 Å². The lowest BCUT2D eigenvalue weighted by Crippen LogP contribution is -2.40. The maximum absolute atomic E-state index is 6.59. The van der Waals surface area contributed by atoms with E-state index >= 15 is 0 Å². The standard InChI is InChI=1S/C14H17ClN2S2/c1-9-3-2-6-14(16,7-9)13-17-10(8-18-13)11-4-5-12(15)19-11/h4-5,8-9H,2-3,6-7,16H2,1H3. The zero-order chi connectivity index (χ0) is 13.5. The Morgan fingerprint density at radius 2 is 2.32 bits per heavy atom. The molecule has 0 spiro atoms. The van der Waals surface area contributed by atoms with Crippen molar-refractivity contribution in [1.82, 2.24) is 4.98 Å². The molecule has 0 saturated heterocycles. The number of hydrogen-bond donors (Lipinski definition) is 1. The molecule has 19 heavy (non-hydrogen) atoms. The molecule has 2 heterocycles. The Bertz CT molecular complexity index is 578. The van der Waals surface area contributed by atoms with Crippen molar-refractivity contribution in [2.45, 2.75) is 38.1 Å². The summed E-state index contributed by atoms with van der Waals surface area (Å²) >= 11 is 9.24. The number of nitrogens with two attached hydrogens (primary N) is 1. The Morgan fingerprint density at radius 3 is 3.00 bits per heavy atom. The van der Waals surface area contributed by atoms with Crippen molar-refractivity contribution in [2.75, 3.05) is 0 Å². The second-order valence-electron chi connectivity index (χ2n) is 5.50. The number of aromatic nitrogens is 1. The van der Waals surface area contributed by atoms with Crippen LogP contribution in [0.25, 0.3) is 10.6 Å². The monoisotopic (exact) mass is 312 g/mol. The highest BCUT2D eigenvalue weighted by Gasteiger charge is 2.35. The van der Waals surface area contributed by atoms with Crippen molar-refractivity contribution in [3.8, 4) is 10.6 Å². The zero-order valence-electron chi connectivity index (χ0n) is 10.9. The molecule has 0 aliphatic heterocycles. The van der Waals surface area contributed by atoms with E-state index in [9.17, 15) is 0 Å². The van der Waals surface area contributed by atoms with Crippen molar-refractivity contribution in [2.24, 2.45) is 11.7 Å². The minimum absolute atomic E-state index is 0.221. The Hall–Kier alpha value is -0.420. The van der Waals surface area contributed by atoms with Gasteiger partial charge in [-0.3, -0.25) is 0 Å². The molecule has 1 aliphatic rings. The van der Waals surface area contributed by atoms with E-state index in [2.05, 4.69) is 12.3 Å². The van der Waals surface area contributed by atoms with Crippen LogP contribution in [-0.2, 0) is 5.54 Å². The molecule has 2 atom stereocenters. The molecule has 2 unspecified atom stereocenters. The smallest absolute Gasteiger partial charge is 0.113 e. The SMILES string of the molecule is CC1CCCC(N)(c2nc(-c3ccc(Cl)s3)cs2)C1. The van der Waals surface area contributed by atoms with Crippen molar-refractivity contribution in [3.63, 3.8) is 0 Å². The lowest BCUT2D eigenvalue weighted by Gasteiger charge is -2.35. The molecular weight excluding hydrogens is 296 g/mol. The molecule has 0 aromatic carbocycles. The minimum atomic E-state index is -0.221. The highest BCUT2D eigenvalue weighted by molar-refractivity contribution is 7.19. The third kappa shape index (κ3) is 2.72. The maximum atomic E-state index is 6.59. The summed E-state index contributed by atoms with van der Waals surface area (Å²) in [5, 5.41) is 3.18. The van der Waals surface area contributed by atoms with E-state index in [1.165, 1.54) is 12.8 Å². The first-order valence-corrected chi connectivity index (χ1v) is 8.65. The van der Waals surface area contributed by atoms with Crippen molar-refractivity contribution >= 4 is 34.3 Å². The average Bonchev–Trinajstić information content (AvgIpc) is 2.96. The van der Waals surface area contributed by atoms with Gasteiger partial charge in [0.05, 0.1) is 20.4 Å². The third-order valence-corrected chi connectivity index (χ3v) is 6.10. The van der Waals surface area contributed by atoms with Gasteiger partial charge in [-0.05, 0) is 30.9 Å². The molecule has 5 heteroatoms. The van der Waals surface area contributed by atoms with Crippen LogP contribution in [-0.4, -0.2) is 4.98 Å². The average molecular weight is 313 g/mol. The van der Waals surface area contributed by atoms with Crippen LogP contribution in [0.5, 0.6) is 0 Å². The molecule has 2 aromatic heterocycles. The van der Waals surface area contributed by atoms with Crippen LogP contribution >= 0.6 is 34.3 Å². The first-order chi connectivity index (χ1) is 9.07. The molecule has 2 aromatic rings. The predicted molar refractivity (Wildman–Crippen MR) is 83.9 cm³/mol. The lowest BCUT2D eigenvalue weighted by molar-refractivity contribution is 0.238. The molecule has 2 nitrogen and oxygen atoms in total. The molecule has 1 aliphatic carbocycles. The Kier molecular flexibility index (Phi) is 3.69. The zero-order valence-corrected chi connectivity index (χ0v) is 13.2. The molecule has 102 valence electrons. The number of thiazole rings is 1. The van der Waals surface area contributed by atoms with Crippen molar-refractivity contribution in [1.29, 1.82) is 0 Å². The fourth-order valence-corrected chi connectivity index (χ4v) is 4.91. The molecule has 1 saturated carbocycles. The quantitative estimate of drug-likeness (QED) is 0.857. The summed E-state index contributed by atoms with van der Waals surface area (Å²) in [6.07, 6.45) is 4.59. The topological polar surface area (TPSA) is 38.9 Å².